The first-order valence-electron chi connectivity index (χ1n) is 7.79. The molecular formula is C16H30S2. The maximum Gasteiger partial charge on any atom is -0.0210 e. The van der Waals surface area contributed by atoms with Crippen LogP contribution in [-0.2, 0) is 0 Å². The lowest BCUT2D eigenvalue weighted by Crippen LogP contribution is -1.83. The maximum atomic E-state index is 4.81. The molecule has 0 saturated heterocycles. The van der Waals surface area contributed by atoms with Gasteiger partial charge in [-0.2, -0.15) is 0 Å². The zero-order valence-electron chi connectivity index (χ0n) is 11.9. The smallest absolute Gasteiger partial charge is 0.0210 e. The van der Waals surface area contributed by atoms with Crippen LogP contribution >= 0.6 is 24.4 Å². The lowest BCUT2D eigenvalue weighted by molar-refractivity contribution is 0.544. The third-order valence-corrected chi connectivity index (χ3v) is 3.87. The Kier molecular flexibility index (Phi) is 17.4. The largest absolute Gasteiger partial charge is 0.0935 e. The molecule has 0 aliphatic rings. The number of unbranched alkanes of at least 4 members (excludes halogenated alkanes) is 13. The molecule has 2 heteroatoms. The molecule has 0 aromatic heterocycles. The molecule has 0 spiro atoms. The summed E-state index contributed by atoms with van der Waals surface area (Å²) in [5.74, 6) is 0. The SMILES string of the molecule is S=CCCCCCCCCCCCCCCC=S. The molecule has 0 bridgehead atoms. The van der Waals surface area contributed by atoms with Gasteiger partial charge >= 0.3 is 0 Å². The first-order valence-corrected chi connectivity index (χ1v) is 8.73. The van der Waals surface area contributed by atoms with Gasteiger partial charge in [-0.3, -0.25) is 0 Å². The lowest BCUT2D eigenvalue weighted by Gasteiger charge is -2.02. The first kappa shape index (κ1) is 18.2. The van der Waals surface area contributed by atoms with Crippen LogP contribution in [0.15, 0.2) is 0 Å². The van der Waals surface area contributed by atoms with Crippen LogP contribution in [0.3, 0.4) is 0 Å². The Morgan fingerprint density at radius 1 is 0.389 bits per heavy atom. The predicted molar refractivity (Wildman–Crippen MR) is 91.9 cm³/mol. The van der Waals surface area contributed by atoms with Crippen LogP contribution in [0.5, 0.6) is 0 Å². The standard InChI is InChI=1S/C16H30S2/c17-15-13-11-9-7-5-3-1-2-4-6-8-10-12-14-16-18/h15-16H,1-14H2. The van der Waals surface area contributed by atoms with E-state index in [0.717, 1.165) is 12.8 Å². The molecule has 0 heterocycles. The van der Waals surface area contributed by atoms with E-state index in [1.54, 1.807) is 0 Å². The van der Waals surface area contributed by atoms with Gasteiger partial charge in [-0.05, 0) is 36.4 Å². The second kappa shape index (κ2) is 17.2. The number of hydrogen-bond donors (Lipinski definition) is 0. The fraction of sp³-hybridized carbons (Fsp3) is 0.875. The Morgan fingerprint density at radius 2 is 0.611 bits per heavy atom. The van der Waals surface area contributed by atoms with E-state index in [1.165, 1.54) is 77.0 Å². The van der Waals surface area contributed by atoms with Gasteiger partial charge < -0.3 is 0 Å². The molecule has 0 rings (SSSR count). The van der Waals surface area contributed by atoms with Crippen LogP contribution in [0.2, 0.25) is 0 Å². The highest BCUT2D eigenvalue weighted by Gasteiger charge is 1.93. The van der Waals surface area contributed by atoms with Gasteiger partial charge in [0.05, 0.1) is 0 Å². The molecule has 0 atom stereocenters. The third kappa shape index (κ3) is 16.2. The minimum atomic E-state index is 1.12. The number of thiocarbonyl (C=S) groups is 2. The Morgan fingerprint density at radius 3 is 0.833 bits per heavy atom. The van der Waals surface area contributed by atoms with Gasteiger partial charge in [-0.1, -0.05) is 88.6 Å². The van der Waals surface area contributed by atoms with Gasteiger partial charge in [0.2, 0.25) is 0 Å². The summed E-state index contributed by atoms with van der Waals surface area (Å²) >= 11 is 9.63. The molecule has 0 fully saturated rings. The van der Waals surface area contributed by atoms with Crippen LogP contribution in [0, 0.1) is 0 Å². The van der Waals surface area contributed by atoms with E-state index in [9.17, 15) is 0 Å². The van der Waals surface area contributed by atoms with E-state index in [1.807, 2.05) is 10.7 Å². The van der Waals surface area contributed by atoms with E-state index >= 15 is 0 Å². The van der Waals surface area contributed by atoms with Crippen molar-refractivity contribution in [1.82, 2.24) is 0 Å². The van der Waals surface area contributed by atoms with E-state index in [4.69, 9.17) is 24.4 Å². The van der Waals surface area contributed by atoms with Crippen LogP contribution in [0.4, 0.5) is 0 Å². The quantitative estimate of drug-likeness (QED) is 0.251. The Balaban J connectivity index is 2.90. The maximum absolute atomic E-state index is 4.81. The molecule has 0 saturated carbocycles. The average Bonchev–Trinajstić information content (AvgIpc) is 2.39. The van der Waals surface area contributed by atoms with Crippen molar-refractivity contribution >= 4 is 35.2 Å². The topological polar surface area (TPSA) is 0 Å². The molecular weight excluding hydrogens is 256 g/mol. The normalized spacial score (nSPS) is 10.4. The Hall–Kier alpha value is 0.180. The molecule has 18 heavy (non-hydrogen) atoms. The third-order valence-electron chi connectivity index (χ3n) is 3.39. The second-order valence-electron chi connectivity index (χ2n) is 5.15. The van der Waals surface area contributed by atoms with E-state index in [-0.39, 0.29) is 0 Å². The lowest BCUT2D eigenvalue weighted by atomic mass is 10.0. The van der Waals surface area contributed by atoms with Crippen LogP contribution in [0.25, 0.3) is 0 Å². The monoisotopic (exact) mass is 286 g/mol. The minimum absolute atomic E-state index is 1.12. The molecule has 0 N–H and O–H groups in total. The molecule has 106 valence electrons. The number of hydrogen-bond acceptors (Lipinski definition) is 2. The summed E-state index contributed by atoms with van der Waals surface area (Å²) in [5, 5.41) is 3.74. The second-order valence-corrected chi connectivity index (χ2v) is 5.82. The van der Waals surface area contributed by atoms with Crippen molar-refractivity contribution in [2.45, 2.75) is 89.9 Å². The summed E-state index contributed by atoms with van der Waals surface area (Å²) in [6, 6.07) is 0. The Bertz CT molecular complexity index is 158. The van der Waals surface area contributed by atoms with E-state index in [0.29, 0.717) is 0 Å². The van der Waals surface area contributed by atoms with E-state index < -0.39 is 0 Å². The minimum Gasteiger partial charge on any atom is -0.0935 e. The summed E-state index contributed by atoms with van der Waals surface area (Å²) in [7, 11) is 0. The fourth-order valence-corrected chi connectivity index (χ4v) is 2.56. The van der Waals surface area contributed by atoms with E-state index in [2.05, 4.69) is 0 Å². The van der Waals surface area contributed by atoms with Gasteiger partial charge in [-0.25, -0.2) is 0 Å². The van der Waals surface area contributed by atoms with Crippen molar-refractivity contribution in [3.8, 4) is 0 Å². The summed E-state index contributed by atoms with van der Waals surface area (Å²) in [5.41, 5.74) is 0. The predicted octanol–water partition coefficient (Wildman–Crippen LogP) is 6.45. The van der Waals surface area contributed by atoms with Gasteiger partial charge in [-0.15, -0.1) is 0 Å². The molecule has 0 aromatic carbocycles. The average molecular weight is 287 g/mol. The van der Waals surface area contributed by atoms with Crippen molar-refractivity contribution in [3.63, 3.8) is 0 Å². The van der Waals surface area contributed by atoms with Gasteiger partial charge in [0, 0.05) is 0 Å². The summed E-state index contributed by atoms with van der Waals surface area (Å²) < 4.78 is 0. The fourth-order valence-electron chi connectivity index (χ4n) is 2.22. The highest BCUT2D eigenvalue weighted by Crippen LogP contribution is 2.12. The molecule has 0 unspecified atom stereocenters. The van der Waals surface area contributed by atoms with Gasteiger partial charge in [0.25, 0.3) is 0 Å². The van der Waals surface area contributed by atoms with Crippen molar-refractivity contribution in [1.29, 1.82) is 0 Å². The Labute approximate surface area is 125 Å². The van der Waals surface area contributed by atoms with Crippen LogP contribution in [0.1, 0.15) is 89.9 Å². The number of rotatable bonds is 15. The van der Waals surface area contributed by atoms with Crippen molar-refractivity contribution < 1.29 is 0 Å². The molecule has 0 aromatic rings. The molecule has 0 aliphatic heterocycles. The molecule has 0 amide bonds. The summed E-state index contributed by atoms with van der Waals surface area (Å²) in [6.07, 6.45) is 19.0. The zero-order chi connectivity index (χ0) is 13.3. The van der Waals surface area contributed by atoms with Crippen LogP contribution in [-0.4, -0.2) is 10.7 Å². The first-order chi connectivity index (χ1) is 8.91. The molecule has 0 aliphatic carbocycles. The van der Waals surface area contributed by atoms with Crippen LogP contribution < -0.4 is 0 Å². The zero-order valence-corrected chi connectivity index (χ0v) is 13.5. The molecule has 0 radical (unpaired) electrons. The van der Waals surface area contributed by atoms with Gasteiger partial charge in [0.15, 0.2) is 0 Å². The summed E-state index contributed by atoms with van der Waals surface area (Å²) in [6.45, 7) is 0. The van der Waals surface area contributed by atoms with Crippen molar-refractivity contribution in [3.05, 3.63) is 0 Å². The van der Waals surface area contributed by atoms with Crippen molar-refractivity contribution in [2.24, 2.45) is 0 Å². The highest BCUT2D eigenvalue weighted by atomic mass is 32.1. The summed E-state index contributed by atoms with van der Waals surface area (Å²) in [4.78, 5) is 0. The molecule has 0 nitrogen and oxygen atoms in total. The highest BCUT2D eigenvalue weighted by molar-refractivity contribution is 7.79. The van der Waals surface area contributed by atoms with Gasteiger partial charge in [0.1, 0.15) is 0 Å². The van der Waals surface area contributed by atoms with Crippen molar-refractivity contribution in [2.75, 3.05) is 0 Å².